The van der Waals surface area contributed by atoms with Gasteiger partial charge in [0.1, 0.15) is 0 Å². The molecule has 1 rings (SSSR count). The first-order valence-corrected chi connectivity index (χ1v) is 4.92. The Morgan fingerprint density at radius 3 is 2.72 bits per heavy atom. The molecule has 0 aromatic heterocycles. The number of ether oxygens (including phenoxy) is 1. The lowest BCUT2D eigenvalue weighted by Crippen LogP contribution is -2.26. The smallest absolute Gasteiger partial charge is 0.387 e. The van der Waals surface area contributed by atoms with E-state index in [1.807, 2.05) is 0 Å². The zero-order valence-corrected chi connectivity index (χ0v) is 9.47. The Morgan fingerprint density at radius 2 is 2.17 bits per heavy atom. The van der Waals surface area contributed by atoms with Gasteiger partial charge in [-0.25, -0.2) is 4.39 Å². The van der Waals surface area contributed by atoms with E-state index in [0.717, 1.165) is 12.1 Å². The largest absolute Gasteiger partial charge is 0.432 e. The molecule has 0 atom stereocenters. The average Bonchev–Trinajstić information content (AvgIpc) is 2.30. The van der Waals surface area contributed by atoms with Gasteiger partial charge in [-0.3, -0.25) is 4.79 Å². The molecule has 0 spiro atoms. The van der Waals surface area contributed by atoms with Crippen LogP contribution in [0, 0.1) is 5.82 Å². The molecule has 4 N–H and O–H groups in total. The molecule has 0 unspecified atom stereocenters. The van der Waals surface area contributed by atoms with E-state index in [2.05, 4.69) is 15.4 Å². The van der Waals surface area contributed by atoms with Crippen LogP contribution in [0.1, 0.15) is 0 Å². The molecule has 5 nitrogen and oxygen atoms in total. The van der Waals surface area contributed by atoms with Gasteiger partial charge in [-0.1, -0.05) is 0 Å². The fourth-order valence-electron chi connectivity index (χ4n) is 1.17. The van der Waals surface area contributed by atoms with Crippen molar-refractivity contribution in [3.05, 3.63) is 17.9 Å². The normalized spacial score (nSPS) is 10.3. The average molecular weight is 263 g/mol. The summed E-state index contributed by atoms with van der Waals surface area (Å²) in [7, 11) is 1.43. The fourth-order valence-corrected chi connectivity index (χ4v) is 1.17. The van der Waals surface area contributed by atoms with E-state index < -0.39 is 18.2 Å². The Kier molecular flexibility index (Phi) is 4.64. The zero-order chi connectivity index (χ0) is 13.7. The van der Waals surface area contributed by atoms with Gasteiger partial charge in [-0.2, -0.15) is 8.78 Å². The number of nitrogens with two attached hydrogens (primary N) is 1. The van der Waals surface area contributed by atoms with Crippen molar-refractivity contribution in [2.45, 2.75) is 6.61 Å². The van der Waals surface area contributed by atoms with Crippen LogP contribution in [-0.2, 0) is 4.79 Å². The highest BCUT2D eigenvalue weighted by atomic mass is 19.3. The van der Waals surface area contributed by atoms with Crippen molar-refractivity contribution in [1.29, 1.82) is 0 Å². The number of amides is 1. The van der Waals surface area contributed by atoms with Crippen molar-refractivity contribution in [3.8, 4) is 5.75 Å². The minimum Gasteiger partial charge on any atom is -0.432 e. The van der Waals surface area contributed by atoms with Crippen molar-refractivity contribution >= 4 is 17.3 Å². The molecule has 0 aliphatic rings. The first-order valence-electron chi connectivity index (χ1n) is 4.92. The predicted molar refractivity (Wildman–Crippen MR) is 60.0 cm³/mol. The summed E-state index contributed by atoms with van der Waals surface area (Å²) >= 11 is 0. The highest BCUT2D eigenvalue weighted by molar-refractivity contribution is 5.82. The van der Waals surface area contributed by atoms with Crippen molar-refractivity contribution < 1.29 is 22.7 Å². The van der Waals surface area contributed by atoms with E-state index in [-0.39, 0.29) is 23.8 Å². The van der Waals surface area contributed by atoms with Gasteiger partial charge < -0.3 is 21.1 Å². The molecule has 0 heterocycles. The summed E-state index contributed by atoms with van der Waals surface area (Å²) in [5, 5.41) is 4.92. The number of nitrogen functional groups attached to an aromatic ring is 1. The molecule has 0 aliphatic heterocycles. The van der Waals surface area contributed by atoms with Gasteiger partial charge >= 0.3 is 6.61 Å². The number of rotatable bonds is 5. The molecule has 0 saturated carbocycles. The number of carbonyl (C=O) groups is 1. The number of hydrogen-bond donors (Lipinski definition) is 3. The Labute approximate surface area is 101 Å². The lowest BCUT2D eigenvalue weighted by atomic mass is 10.2. The maximum absolute atomic E-state index is 13.2. The van der Waals surface area contributed by atoms with E-state index in [9.17, 15) is 18.0 Å². The topological polar surface area (TPSA) is 76.4 Å². The zero-order valence-electron chi connectivity index (χ0n) is 9.47. The van der Waals surface area contributed by atoms with Crippen LogP contribution in [0.2, 0.25) is 0 Å². The van der Waals surface area contributed by atoms with Crippen LogP contribution in [0.3, 0.4) is 0 Å². The second-order valence-corrected chi connectivity index (χ2v) is 3.28. The Bertz CT molecular complexity index is 441. The van der Waals surface area contributed by atoms with E-state index in [4.69, 9.17) is 5.73 Å². The van der Waals surface area contributed by atoms with Gasteiger partial charge in [-0.15, -0.1) is 0 Å². The molecule has 0 fully saturated rings. The monoisotopic (exact) mass is 263 g/mol. The van der Waals surface area contributed by atoms with Gasteiger partial charge in [0.15, 0.2) is 11.6 Å². The maximum Gasteiger partial charge on any atom is 0.387 e. The number of alkyl halides is 2. The number of benzene rings is 1. The van der Waals surface area contributed by atoms with Crippen LogP contribution < -0.4 is 21.1 Å². The van der Waals surface area contributed by atoms with Crippen molar-refractivity contribution in [2.75, 3.05) is 24.6 Å². The third-order valence-electron chi connectivity index (χ3n) is 2.04. The van der Waals surface area contributed by atoms with Crippen LogP contribution in [0.5, 0.6) is 5.75 Å². The lowest BCUT2D eigenvalue weighted by Gasteiger charge is -2.12. The summed E-state index contributed by atoms with van der Waals surface area (Å²) in [6, 6.07) is 1.81. The highest BCUT2D eigenvalue weighted by Crippen LogP contribution is 2.29. The van der Waals surface area contributed by atoms with Crippen molar-refractivity contribution in [2.24, 2.45) is 0 Å². The van der Waals surface area contributed by atoms with E-state index >= 15 is 0 Å². The number of hydrogen-bond acceptors (Lipinski definition) is 4. The summed E-state index contributed by atoms with van der Waals surface area (Å²) < 4.78 is 41.2. The summed E-state index contributed by atoms with van der Waals surface area (Å²) in [5.41, 5.74) is 5.59. The lowest BCUT2D eigenvalue weighted by molar-refractivity contribution is -0.118. The van der Waals surface area contributed by atoms with Crippen LogP contribution >= 0.6 is 0 Å². The number of carbonyl (C=O) groups excluding carboxylic acids is 1. The van der Waals surface area contributed by atoms with Gasteiger partial charge in [0.25, 0.3) is 0 Å². The van der Waals surface area contributed by atoms with Crippen molar-refractivity contribution in [3.63, 3.8) is 0 Å². The molecule has 1 aromatic carbocycles. The summed E-state index contributed by atoms with van der Waals surface area (Å²) in [6.45, 7) is -3.27. The Hall–Kier alpha value is -2.12. The van der Waals surface area contributed by atoms with E-state index in [1.165, 1.54) is 7.05 Å². The molecule has 1 aromatic rings. The van der Waals surface area contributed by atoms with E-state index in [1.54, 1.807) is 0 Å². The second-order valence-electron chi connectivity index (χ2n) is 3.28. The summed E-state index contributed by atoms with van der Waals surface area (Å²) in [5.74, 6) is -1.98. The fraction of sp³-hybridized carbons (Fsp3) is 0.300. The van der Waals surface area contributed by atoms with E-state index in [0.29, 0.717) is 0 Å². The van der Waals surface area contributed by atoms with Gasteiger partial charge in [-0.05, 0) is 0 Å². The molecule has 0 aliphatic carbocycles. The highest BCUT2D eigenvalue weighted by Gasteiger charge is 2.13. The molecule has 0 saturated heterocycles. The molecular formula is C10H12F3N3O2. The van der Waals surface area contributed by atoms with Crippen molar-refractivity contribution in [1.82, 2.24) is 5.32 Å². The van der Waals surface area contributed by atoms with Gasteiger partial charge in [0.05, 0.1) is 17.9 Å². The number of likely N-dealkylation sites (N-methyl/N-ethyl adjacent to an activating group) is 1. The Balaban J connectivity index is 2.87. The molecular weight excluding hydrogens is 251 g/mol. The molecule has 1 amide bonds. The standard InChI is InChI=1S/C10H12F3N3O2/c1-15-9(17)4-16-7-3-8(18-10(12)13)5(11)2-6(7)14/h2-3,10,16H,4,14H2,1H3,(H,15,17). The third kappa shape index (κ3) is 3.72. The van der Waals surface area contributed by atoms with Crippen LogP contribution in [0.4, 0.5) is 24.5 Å². The molecule has 0 radical (unpaired) electrons. The quantitative estimate of drug-likeness (QED) is 0.697. The van der Waals surface area contributed by atoms with Gasteiger partial charge in [0, 0.05) is 19.2 Å². The number of halogens is 3. The molecule has 100 valence electrons. The second kappa shape index (κ2) is 5.99. The summed E-state index contributed by atoms with van der Waals surface area (Å²) in [4.78, 5) is 11.0. The first-order chi connectivity index (χ1) is 8.43. The molecule has 18 heavy (non-hydrogen) atoms. The first kappa shape index (κ1) is 13.9. The van der Waals surface area contributed by atoms with Crippen LogP contribution in [0.15, 0.2) is 12.1 Å². The van der Waals surface area contributed by atoms with Gasteiger partial charge in [0.2, 0.25) is 5.91 Å². The number of nitrogens with one attached hydrogen (secondary N) is 2. The minimum atomic E-state index is -3.14. The SMILES string of the molecule is CNC(=O)CNc1cc(OC(F)F)c(F)cc1N. The third-order valence-corrected chi connectivity index (χ3v) is 2.04. The minimum absolute atomic E-state index is 0.0157. The maximum atomic E-state index is 13.2. The van der Waals surface area contributed by atoms with Crippen LogP contribution in [-0.4, -0.2) is 26.1 Å². The molecule has 0 bridgehead atoms. The van der Waals surface area contributed by atoms with Crippen LogP contribution in [0.25, 0.3) is 0 Å². The Morgan fingerprint density at radius 1 is 1.50 bits per heavy atom. The predicted octanol–water partition coefficient (Wildman–Crippen LogP) is 1.17. The molecule has 8 heteroatoms. The summed E-state index contributed by atoms with van der Waals surface area (Å²) in [6.07, 6.45) is 0. The number of anilines is 2.